The van der Waals surface area contributed by atoms with Crippen LogP contribution in [0.25, 0.3) is 0 Å². The zero-order valence-corrected chi connectivity index (χ0v) is 19.0. The standard InChI is InChI=1S/C22H34N4.HI/c1-23-21(25-17-22(11-12-22)20-9-10-20)24-15-18-5-7-19(8-6-18)16-26-13-3-2-4-14-26;/h5-8,20H,2-4,9-17H2,1H3,(H2,23,24,25);1H. The predicted molar refractivity (Wildman–Crippen MR) is 124 cm³/mol. The van der Waals surface area contributed by atoms with Crippen LogP contribution < -0.4 is 10.6 Å². The Bertz CT molecular complexity index is 614. The molecule has 5 heteroatoms. The van der Waals surface area contributed by atoms with Gasteiger partial charge in [0.1, 0.15) is 0 Å². The molecule has 0 aromatic heterocycles. The van der Waals surface area contributed by atoms with Crippen molar-refractivity contribution in [3.63, 3.8) is 0 Å². The van der Waals surface area contributed by atoms with Gasteiger partial charge >= 0.3 is 0 Å². The van der Waals surface area contributed by atoms with E-state index in [1.54, 1.807) is 0 Å². The van der Waals surface area contributed by atoms with Crippen molar-refractivity contribution >= 4 is 29.9 Å². The Labute approximate surface area is 181 Å². The Morgan fingerprint density at radius 1 is 1.04 bits per heavy atom. The van der Waals surface area contributed by atoms with E-state index >= 15 is 0 Å². The predicted octanol–water partition coefficient (Wildman–Crippen LogP) is 4.15. The zero-order chi connectivity index (χ0) is 17.8. The molecule has 3 fully saturated rings. The van der Waals surface area contributed by atoms with E-state index in [2.05, 4.69) is 44.8 Å². The summed E-state index contributed by atoms with van der Waals surface area (Å²) in [5.41, 5.74) is 3.35. The molecule has 1 heterocycles. The maximum atomic E-state index is 4.40. The lowest BCUT2D eigenvalue weighted by Gasteiger charge is -2.26. The minimum Gasteiger partial charge on any atom is -0.356 e. The molecule has 2 aliphatic carbocycles. The molecule has 1 aliphatic heterocycles. The van der Waals surface area contributed by atoms with Gasteiger partial charge in [0.15, 0.2) is 5.96 Å². The molecule has 0 amide bonds. The number of nitrogens with one attached hydrogen (secondary N) is 2. The second-order valence-electron chi connectivity index (χ2n) is 8.57. The SMILES string of the molecule is CN=C(NCc1ccc(CN2CCCCC2)cc1)NCC1(C2CC2)CC1.I. The molecule has 1 aromatic rings. The third-order valence-electron chi connectivity index (χ3n) is 6.50. The van der Waals surface area contributed by atoms with Gasteiger partial charge in [-0.2, -0.15) is 0 Å². The van der Waals surface area contributed by atoms with Crippen molar-refractivity contribution < 1.29 is 0 Å². The summed E-state index contributed by atoms with van der Waals surface area (Å²) in [6, 6.07) is 9.08. The normalized spacial score (nSPS) is 22.0. The quantitative estimate of drug-likeness (QED) is 0.349. The van der Waals surface area contributed by atoms with Crippen molar-refractivity contribution in [2.24, 2.45) is 16.3 Å². The molecular formula is C22H35IN4. The van der Waals surface area contributed by atoms with Crippen molar-refractivity contribution in [1.29, 1.82) is 0 Å². The van der Waals surface area contributed by atoms with Crippen LogP contribution in [0.1, 0.15) is 56.1 Å². The summed E-state index contributed by atoms with van der Waals surface area (Å²) in [6.07, 6.45) is 9.81. The van der Waals surface area contributed by atoms with E-state index < -0.39 is 0 Å². The second-order valence-corrected chi connectivity index (χ2v) is 8.57. The molecule has 0 atom stereocenters. The van der Waals surface area contributed by atoms with Gasteiger partial charge in [0, 0.05) is 26.7 Å². The molecule has 2 saturated carbocycles. The molecule has 0 unspecified atom stereocenters. The first-order valence-electron chi connectivity index (χ1n) is 10.5. The van der Waals surface area contributed by atoms with Gasteiger partial charge in [-0.15, -0.1) is 24.0 Å². The van der Waals surface area contributed by atoms with Crippen LogP contribution in [-0.4, -0.2) is 37.5 Å². The molecule has 4 rings (SSSR count). The lowest BCUT2D eigenvalue weighted by molar-refractivity contribution is 0.221. The Morgan fingerprint density at radius 2 is 1.70 bits per heavy atom. The minimum absolute atomic E-state index is 0. The van der Waals surface area contributed by atoms with Crippen LogP contribution >= 0.6 is 24.0 Å². The van der Waals surface area contributed by atoms with E-state index in [0.29, 0.717) is 5.41 Å². The monoisotopic (exact) mass is 482 g/mol. The van der Waals surface area contributed by atoms with Crippen molar-refractivity contribution in [1.82, 2.24) is 15.5 Å². The lowest BCUT2D eigenvalue weighted by Crippen LogP contribution is -2.40. The van der Waals surface area contributed by atoms with E-state index in [-0.39, 0.29) is 24.0 Å². The van der Waals surface area contributed by atoms with Crippen LogP contribution in [0.2, 0.25) is 0 Å². The summed E-state index contributed by atoms with van der Waals surface area (Å²) in [5, 5.41) is 7.04. The number of guanidine groups is 1. The van der Waals surface area contributed by atoms with Gasteiger partial charge in [0.05, 0.1) is 0 Å². The summed E-state index contributed by atoms with van der Waals surface area (Å²) < 4.78 is 0. The number of hydrogen-bond acceptors (Lipinski definition) is 2. The van der Waals surface area contributed by atoms with Gasteiger partial charge < -0.3 is 10.6 Å². The number of aliphatic imine (C=N–C) groups is 1. The van der Waals surface area contributed by atoms with Crippen LogP contribution in [0.4, 0.5) is 0 Å². The van der Waals surface area contributed by atoms with Crippen molar-refractivity contribution in [3.05, 3.63) is 35.4 Å². The summed E-state index contributed by atoms with van der Waals surface area (Å²) >= 11 is 0. The van der Waals surface area contributed by atoms with Crippen molar-refractivity contribution in [3.8, 4) is 0 Å². The largest absolute Gasteiger partial charge is 0.356 e. The van der Waals surface area contributed by atoms with Gasteiger partial charge in [0.25, 0.3) is 0 Å². The highest BCUT2D eigenvalue weighted by Crippen LogP contribution is 2.60. The summed E-state index contributed by atoms with van der Waals surface area (Å²) in [4.78, 5) is 6.98. The first kappa shape index (κ1) is 20.9. The van der Waals surface area contributed by atoms with Crippen molar-refractivity contribution in [2.45, 2.75) is 58.0 Å². The smallest absolute Gasteiger partial charge is 0.191 e. The average Bonchev–Trinajstić information content (AvgIpc) is 3.57. The van der Waals surface area contributed by atoms with E-state index in [1.165, 1.54) is 69.2 Å². The molecule has 0 bridgehead atoms. The van der Waals surface area contributed by atoms with Gasteiger partial charge in [-0.25, -0.2) is 0 Å². The van der Waals surface area contributed by atoms with E-state index in [1.807, 2.05) is 7.05 Å². The first-order valence-corrected chi connectivity index (χ1v) is 10.5. The number of nitrogens with zero attached hydrogens (tertiary/aromatic N) is 2. The topological polar surface area (TPSA) is 39.7 Å². The number of benzene rings is 1. The second kappa shape index (κ2) is 9.59. The Hall–Kier alpha value is -0.820. The molecule has 1 saturated heterocycles. The highest BCUT2D eigenvalue weighted by molar-refractivity contribution is 14.0. The number of hydrogen-bond donors (Lipinski definition) is 2. The maximum absolute atomic E-state index is 4.40. The van der Waals surface area contributed by atoms with Gasteiger partial charge in [-0.3, -0.25) is 9.89 Å². The molecule has 4 nitrogen and oxygen atoms in total. The van der Waals surface area contributed by atoms with E-state index in [4.69, 9.17) is 0 Å². The highest BCUT2D eigenvalue weighted by Gasteiger charge is 2.53. The maximum Gasteiger partial charge on any atom is 0.191 e. The van der Waals surface area contributed by atoms with Crippen LogP contribution in [-0.2, 0) is 13.1 Å². The number of piperidine rings is 1. The molecule has 0 spiro atoms. The number of halogens is 1. The highest BCUT2D eigenvalue weighted by atomic mass is 127. The van der Waals surface area contributed by atoms with E-state index in [9.17, 15) is 0 Å². The minimum atomic E-state index is 0. The number of likely N-dealkylation sites (tertiary alicyclic amines) is 1. The lowest BCUT2D eigenvalue weighted by atomic mass is 10.0. The van der Waals surface area contributed by atoms with Gasteiger partial charge in [-0.05, 0) is 74.1 Å². The molecule has 3 aliphatic rings. The van der Waals surface area contributed by atoms with Crippen LogP contribution in [0.3, 0.4) is 0 Å². The van der Waals surface area contributed by atoms with Crippen LogP contribution in [0.15, 0.2) is 29.3 Å². The van der Waals surface area contributed by atoms with Crippen LogP contribution in [0, 0.1) is 11.3 Å². The van der Waals surface area contributed by atoms with Crippen molar-refractivity contribution in [2.75, 3.05) is 26.7 Å². The zero-order valence-electron chi connectivity index (χ0n) is 16.7. The Morgan fingerprint density at radius 3 is 2.30 bits per heavy atom. The first-order chi connectivity index (χ1) is 12.8. The summed E-state index contributed by atoms with van der Waals surface area (Å²) in [5.74, 6) is 1.93. The number of rotatable bonds is 7. The van der Waals surface area contributed by atoms with E-state index in [0.717, 1.165) is 31.5 Å². The fraction of sp³-hybridized carbons (Fsp3) is 0.682. The molecule has 0 radical (unpaired) electrons. The fourth-order valence-electron chi connectivity index (χ4n) is 4.39. The third-order valence-corrected chi connectivity index (χ3v) is 6.50. The van der Waals surface area contributed by atoms with Gasteiger partial charge in [0.2, 0.25) is 0 Å². The average molecular weight is 482 g/mol. The molecule has 150 valence electrons. The fourth-order valence-corrected chi connectivity index (χ4v) is 4.39. The van der Waals surface area contributed by atoms with Crippen LogP contribution in [0.5, 0.6) is 0 Å². The summed E-state index contributed by atoms with van der Waals surface area (Å²) in [7, 11) is 1.87. The Balaban J connectivity index is 0.00000210. The summed E-state index contributed by atoms with van der Waals surface area (Å²) in [6.45, 7) is 5.54. The van der Waals surface area contributed by atoms with Gasteiger partial charge in [-0.1, -0.05) is 30.7 Å². The Kier molecular flexibility index (Phi) is 7.42. The third kappa shape index (κ3) is 5.83. The molecular weight excluding hydrogens is 447 g/mol. The molecule has 27 heavy (non-hydrogen) atoms. The molecule has 1 aromatic carbocycles. The molecule has 2 N–H and O–H groups in total.